The van der Waals surface area contributed by atoms with Crippen molar-refractivity contribution >= 4 is 23.0 Å². The fourth-order valence-electron chi connectivity index (χ4n) is 0.937. The largest absolute Gasteiger partial charge is 0.444 e. The molecule has 17 heavy (non-hydrogen) atoms. The molecule has 1 unspecified atom stereocenters. The van der Waals surface area contributed by atoms with Gasteiger partial charge in [-0.3, -0.25) is 4.79 Å². The van der Waals surface area contributed by atoms with Crippen molar-refractivity contribution in [3.8, 4) is 0 Å². The van der Waals surface area contributed by atoms with E-state index in [0.29, 0.717) is 0 Å². The summed E-state index contributed by atoms with van der Waals surface area (Å²) in [5.41, 5.74) is -0.567. The van der Waals surface area contributed by atoms with E-state index in [1.54, 1.807) is 27.7 Å². The highest BCUT2D eigenvalue weighted by molar-refractivity contribution is 8.13. The Hall–Kier alpha value is -0.750. The van der Waals surface area contributed by atoms with E-state index < -0.39 is 23.8 Å². The van der Waals surface area contributed by atoms with Crippen LogP contribution in [0.5, 0.6) is 0 Å². The molecule has 0 saturated carbocycles. The Morgan fingerprint density at radius 3 is 2.35 bits per heavy atom. The van der Waals surface area contributed by atoms with Gasteiger partial charge in [-0.1, -0.05) is 11.8 Å². The Morgan fingerprint density at radius 1 is 1.41 bits per heavy atom. The molecule has 0 bridgehead atoms. The Morgan fingerprint density at radius 2 is 1.94 bits per heavy atom. The maximum absolute atomic E-state index is 11.4. The molecule has 1 amide bonds. The Labute approximate surface area is 106 Å². The van der Waals surface area contributed by atoms with Crippen molar-refractivity contribution in [2.45, 2.75) is 52.4 Å². The molecule has 0 aromatic rings. The second kappa shape index (κ2) is 6.86. The molecule has 0 rings (SSSR count). The fraction of sp³-hybridized carbons (Fsp3) is 0.818. The molecule has 0 spiro atoms. The van der Waals surface area contributed by atoms with Crippen molar-refractivity contribution < 1.29 is 19.4 Å². The molecule has 0 aliphatic heterocycles. The van der Waals surface area contributed by atoms with Crippen molar-refractivity contribution in [1.82, 2.24) is 5.32 Å². The highest BCUT2D eigenvalue weighted by Crippen LogP contribution is 2.09. The van der Waals surface area contributed by atoms with E-state index in [-0.39, 0.29) is 10.9 Å². The average Bonchev–Trinajstić information content (AvgIpc) is 2.10. The SMILES string of the molecule is CC(=O)SCC(O)[C@H](C)NC(=O)OC(C)(C)C. The number of nitrogens with one attached hydrogen (secondary N) is 1. The van der Waals surface area contributed by atoms with Gasteiger partial charge in [0.25, 0.3) is 0 Å². The first-order valence-electron chi connectivity index (χ1n) is 5.43. The lowest BCUT2D eigenvalue weighted by Gasteiger charge is -2.24. The predicted octanol–water partition coefficient (Wildman–Crippen LogP) is 1.54. The van der Waals surface area contributed by atoms with Crippen LogP contribution in [0.3, 0.4) is 0 Å². The molecule has 0 saturated heterocycles. The molecule has 6 heteroatoms. The smallest absolute Gasteiger partial charge is 0.407 e. The molecule has 5 nitrogen and oxygen atoms in total. The molecule has 2 atom stereocenters. The van der Waals surface area contributed by atoms with Gasteiger partial charge in [0.05, 0.1) is 12.1 Å². The zero-order valence-electron chi connectivity index (χ0n) is 10.9. The van der Waals surface area contributed by atoms with E-state index in [1.807, 2.05) is 0 Å². The summed E-state index contributed by atoms with van der Waals surface area (Å²) in [6.07, 6.45) is -1.35. The number of hydrogen-bond acceptors (Lipinski definition) is 5. The topological polar surface area (TPSA) is 75.6 Å². The van der Waals surface area contributed by atoms with Gasteiger partial charge in [-0.2, -0.15) is 0 Å². The van der Waals surface area contributed by atoms with Gasteiger partial charge in [-0.25, -0.2) is 4.79 Å². The molecule has 2 N–H and O–H groups in total. The van der Waals surface area contributed by atoms with Gasteiger partial charge in [0, 0.05) is 12.7 Å². The van der Waals surface area contributed by atoms with Crippen LogP contribution in [-0.4, -0.2) is 39.8 Å². The van der Waals surface area contributed by atoms with Gasteiger partial charge in [-0.05, 0) is 27.7 Å². The molecule has 0 radical (unpaired) electrons. The number of ether oxygens (including phenoxy) is 1. The highest BCUT2D eigenvalue weighted by Gasteiger charge is 2.21. The van der Waals surface area contributed by atoms with E-state index in [4.69, 9.17) is 4.74 Å². The molecular weight excluding hydrogens is 242 g/mol. The number of rotatable bonds is 4. The van der Waals surface area contributed by atoms with Crippen molar-refractivity contribution in [3.05, 3.63) is 0 Å². The molecule has 0 aromatic carbocycles. The Balaban J connectivity index is 4.03. The first-order chi connectivity index (χ1) is 7.61. The van der Waals surface area contributed by atoms with Crippen LogP contribution >= 0.6 is 11.8 Å². The van der Waals surface area contributed by atoms with Gasteiger partial charge in [0.2, 0.25) is 0 Å². The first-order valence-corrected chi connectivity index (χ1v) is 6.41. The third-order valence-corrected chi connectivity index (χ3v) is 2.69. The van der Waals surface area contributed by atoms with E-state index in [0.717, 1.165) is 11.8 Å². The average molecular weight is 263 g/mol. The zero-order valence-corrected chi connectivity index (χ0v) is 11.8. The van der Waals surface area contributed by atoms with Gasteiger partial charge in [0.1, 0.15) is 5.60 Å². The highest BCUT2D eigenvalue weighted by atomic mass is 32.2. The van der Waals surface area contributed by atoms with Crippen LogP contribution < -0.4 is 5.32 Å². The summed E-state index contributed by atoms with van der Waals surface area (Å²) < 4.78 is 5.05. The van der Waals surface area contributed by atoms with E-state index in [9.17, 15) is 14.7 Å². The summed E-state index contributed by atoms with van der Waals surface area (Å²) >= 11 is 1.03. The van der Waals surface area contributed by atoms with Crippen LogP contribution in [0.4, 0.5) is 4.79 Å². The monoisotopic (exact) mass is 263 g/mol. The van der Waals surface area contributed by atoms with Gasteiger partial charge < -0.3 is 15.2 Å². The maximum atomic E-state index is 11.4. The van der Waals surface area contributed by atoms with Gasteiger partial charge in [-0.15, -0.1) is 0 Å². The zero-order chi connectivity index (χ0) is 13.6. The third kappa shape index (κ3) is 9.00. The summed E-state index contributed by atoms with van der Waals surface area (Å²) in [6, 6.07) is -0.461. The van der Waals surface area contributed by atoms with Crippen LogP contribution in [0.25, 0.3) is 0 Å². The maximum Gasteiger partial charge on any atom is 0.407 e. The second-order valence-corrected chi connectivity index (χ2v) is 6.00. The molecule has 0 heterocycles. The van der Waals surface area contributed by atoms with Crippen LogP contribution in [-0.2, 0) is 9.53 Å². The standard InChI is InChI=1S/C11H21NO4S/c1-7(9(14)6-17-8(2)13)12-10(15)16-11(3,4)5/h7,9,14H,6H2,1-5H3,(H,12,15)/t7-,9?/m0/s1. The fourth-order valence-corrected chi connectivity index (χ4v) is 1.63. The number of carbonyl (C=O) groups excluding carboxylic acids is 2. The number of thioether (sulfide) groups is 1. The summed E-state index contributed by atoms with van der Waals surface area (Å²) in [7, 11) is 0. The van der Waals surface area contributed by atoms with E-state index >= 15 is 0 Å². The van der Waals surface area contributed by atoms with Gasteiger partial charge in [0.15, 0.2) is 5.12 Å². The summed E-state index contributed by atoms with van der Waals surface area (Å²) in [5, 5.41) is 12.1. The number of aliphatic hydroxyl groups excluding tert-OH is 1. The predicted molar refractivity (Wildman–Crippen MR) is 68.0 cm³/mol. The van der Waals surface area contributed by atoms with Crippen molar-refractivity contribution in [1.29, 1.82) is 0 Å². The summed E-state index contributed by atoms with van der Waals surface area (Å²) in [5.74, 6) is 0.256. The molecule has 0 fully saturated rings. The molecule has 0 aliphatic rings. The minimum absolute atomic E-state index is 0.0616. The minimum atomic E-state index is -0.781. The molecule has 0 aliphatic carbocycles. The van der Waals surface area contributed by atoms with E-state index in [2.05, 4.69) is 5.32 Å². The number of aliphatic hydroxyl groups is 1. The summed E-state index contributed by atoms with van der Waals surface area (Å²) in [4.78, 5) is 22.1. The van der Waals surface area contributed by atoms with Crippen LogP contribution in [0.1, 0.15) is 34.6 Å². The Bertz CT molecular complexity index is 275. The first kappa shape index (κ1) is 16.2. The van der Waals surface area contributed by atoms with Crippen LogP contribution in [0.15, 0.2) is 0 Å². The lowest BCUT2D eigenvalue weighted by Crippen LogP contribution is -2.44. The van der Waals surface area contributed by atoms with Crippen LogP contribution in [0, 0.1) is 0 Å². The Kier molecular flexibility index (Phi) is 6.56. The van der Waals surface area contributed by atoms with Crippen LogP contribution in [0.2, 0.25) is 0 Å². The third-order valence-electron chi connectivity index (χ3n) is 1.78. The van der Waals surface area contributed by atoms with E-state index in [1.165, 1.54) is 6.92 Å². The van der Waals surface area contributed by atoms with Crippen molar-refractivity contribution in [2.24, 2.45) is 0 Å². The minimum Gasteiger partial charge on any atom is -0.444 e. The lowest BCUT2D eigenvalue weighted by molar-refractivity contribution is -0.109. The number of hydrogen-bond donors (Lipinski definition) is 2. The van der Waals surface area contributed by atoms with Gasteiger partial charge >= 0.3 is 6.09 Å². The normalized spacial score (nSPS) is 14.9. The lowest BCUT2D eigenvalue weighted by atomic mass is 10.2. The number of alkyl carbamates (subject to hydrolysis) is 1. The number of amides is 1. The quantitative estimate of drug-likeness (QED) is 0.804. The second-order valence-electron chi connectivity index (χ2n) is 4.80. The van der Waals surface area contributed by atoms with Crippen molar-refractivity contribution in [3.63, 3.8) is 0 Å². The van der Waals surface area contributed by atoms with Crippen molar-refractivity contribution in [2.75, 3.05) is 5.75 Å². The summed E-state index contributed by atoms with van der Waals surface area (Å²) in [6.45, 7) is 8.39. The molecule has 100 valence electrons. The molecular formula is C11H21NO4S. The number of carbonyl (C=O) groups is 2. The molecule has 0 aromatic heterocycles.